The van der Waals surface area contributed by atoms with Gasteiger partial charge in [0.15, 0.2) is 11.8 Å². The summed E-state index contributed by atoms with van der Waals surface area (Å²) in [5.74, 6) is -0.996. The second-order valence-corrected chi connectivity index (χ2v) is 7.34. The molecule has 1 aromatic heterocycles. The van der Waals surface area contributed by atoms with E-state index in [4.69, 9.17) is 4.74 Å². The Labute approximate surface area is 173 Å². The van der Waals surface area contributed by atoms with Gasteiger partial charge in [0.25, 0.3) is 11.5 Å². The smallest absolute Gasteiger partial charge is 0.360 e. The molecule has 0 radical (unpaired) electrons. The Morgan fingerprint density at radius 1 is 1.10 bits per heavy atom. The topological polar surface area (TPSA) is 81.5 Å². The van der Waals surface area contributed by atoms with Crippen molar-refractivity contribution in [2.75, 3.05) is 11.4 Å². The number of hydrogen-bond donors (Lipinski definition) is 0. The molecule has 3 aromatic rings. The van der Waals surface area contributed by atoms with Crippen LogP contribution in [0, 0.1) is 0 Å². The highest BCUT2D eigenvalue weighted by Crippen LogP contribution is 2.28. The van der Waals surface area contributed by atoms with E-state index in [-0.39, 0.29) is 17.2 Å². The third-order valence-corrected chi connectivity index (χ3v) is 5.28. The van der Waals surface area contributed by atoms with Crippen molar-refractivity contribution in [2.45, 2.75) is 39.3 Å². The minimum Gasteiger partial charge on any atom is -0.448 e. The number of rotatable bonds is 5. The minimum atomic E-state index is -0.976. The van der Waals surface area contributed by atoms with Gasteiger partial charge in [-0.3, -0.25) is 9.59 Å². The summed E-state index contributed by atoms with van der Waals surface area (Å²) in [7, 11) is 0. The van der Waals surface area contributed by atoms with Crippen molar-refractivity contribution in [1.29, 1.82) is 0 Å². The molecule has 1 amide bonds. The standard InChI is InChI=1S/C23H23N3O4/c1-3-13-26-22(28)18-10-6-5-9-17(18)20(24-26)23(29)30-15(2)21(27)25-14-12-16-8-4-7-11-19(16)25/h4-11,15H,3,12-14H2,1-2H3. The van der Waals surface area contributed by atoms with E-state index >= 15 is 0 Å². The first-order valence-corrected chi connectivity index (χ1v) is 10.1. The van der Waals surface area contributed by atoms with E-state index in [0.29, 0.717) is 30.3 Å². The highest BCUT2D eigenvalue weighted by atomic mass is 16.5. The summed E-state index contributed by atoms with van der Waals surface area (Å²) in [5.41, 5.74) is 1.75. The summed E-state index contributed by atoms with van der Waals surface area (Å²) in [6.07, 6.45) is 0.496. The number of amides is 1. The Bertz CT molecular complexity index is 1180. The third-order valence-electron chi connectivity index (χ3n) is 5.28. The van der Waals surface area contributed by atoms with E-state index in [0.717, 1.165) is 17.7 Å². The lowest BCUT2D eigenvalue weighted by Crippen LogP contribution is -2.39. The number of nitrogens with zero attached hydrogens (tertiary/aromatic N) is 3. The van der Waals surface area contributed by atoms with Crippen molar-refractivity contribution >= 4 is 28.3 Å². The zero-order valence-corrected chi connectivity index (χ0v) is 17.0. The van der Waals surface area contributed by atoms with Crippen LogP contribution in [0.4, 0.5) is 5.69 Å². The van der Waals surface area contributed by atoms with Crippen LogP contribution in [0.5, 0.6) is 0 Å². The molecule has 7 heteroatoms. The minimum absolute atomic E-state index is 0.0418. The van der Waals surface area contributed by atoms with Gasteiger partial charge in [0, 0.05) is 24.2 Å². The highest BCUT2D eigenvalue weighted by Gasteiger charge is 2.30. The van der Waals surface area contributed by atoms with Crippen molar-refractivity contribution in [3.05, 3.63) is 70.1 Å². The first-order chi connectivity index (χ1) is 14.5. The summed E-state index contributed by atoms with van der Waals surface area (Å²) in [4.78, 5) is 40.1. The van der Waals surface area contributed by atoms with Gasteiger partial charge >= 0.3 is 5.97 Å². The number of carbonyl (C=O) groups is 2. The lowest BCUT2D eigenvalue weighted by molar-refractivity contribution is -0.126. The average Bonchev–Trinajstić information content (AvgIpc) is 3.19. The molecular weight excluding hydrogens is 382 g/mol. The molecule has 0 bridgehead atoms. The SMILES string of the molecule is CCCn1nc(C(=O)OC(C)C(=O)N2CCc3ccccc32)c2ccccc2c1=O. The molecule has 30 heavy (non-hydrogen) atoms. The van der Waals surface area contributed by atoms with E-state index in [1.54, 1.807) is 36.1 Å². The molecule has 0 N–H and O–H groups in total. The van der Waals surface area contributed by atoms with Crippen LogP contribution in [0.25, 0.3) is 10.8 Å². The molecule has 0 saturated heterocycles. The summed E-state index contributed by atoms with van der Waals surface area (Å²) >= 11 is 0. The Balaban J connectivity index is 1.61. The highest BCUT2D eigenvalue weighted by molar-refractivity contribution is 6.04. The summed E-state index contributed by atoms with van der Waals surface area (Å²) < 4.78 is 6.78. The predicted octanol–water partition coefficient (Wildman–Crippen LogP) is 2.94. The molecule has 2 heterocycles. The number of hydrogen-bond acceptors (Lipinski definition) is 5. The fourth-order valence-corrected chi connectivity index (χ4v) is 3.80. The molecule has 0 fully saturated rings. The van der Waals surface area contributed by atoms with E-state index in [1.165, 1.54) is 4.68 Å². The number of aryl methyl sites for hydroxylation is 1. The largest absolute Gasteiger partial charge is 0.448 e. The van der Waals surface area contributed by atoms with Gasteiger partial charge in [0.2, 0.25) is 0 Å². The van der Waals surface area contributed by atoms with Gasteiger partial charge < -0.3 is 9.64 Å². The Kier molecular flexibility index (Phi) is 5.35. The first-order valence-electron chi connectivity index (χ1n) is 10.1. The first kappa shape index (κ1) is 19.8. The monoisotopic (exact) mass is 405 g/mol. The Hall–Kier alpha value is -3.48. The van der Waals surface area contributed by atoms with Crippen LogP contribution in [0.3, 0.4) is 0 Å². The maximum Gasteiger partial charge on any atom is 0.360 e. The van der Waals surface area contributed by atoms with Crippen molar-refractivity contribution in [1.82, 2.24) is 9.78 Å². The fraction of sp³-hybridized carbons (Fsp3) is 0.304. The van der Waals surface area contributed by atoms with Crippen molar-refractivity contribution < 1.29 is 14.3 Å². The summed E-state index contributed by atoms with van der Waals surface area (Å²) in [6, 6.07) is 14.5. The molecule has 4 rings (SSSR count). The van der Waals surface area contributed by atoms with Crippen molar-refractivity contribution in [2.24, 2.45) is 0 Å². The predicted molar refractivity (Wildman–Crippen MR) is 114 cm³/mol. The van der Waals surface area contributed by atoms with Crippen molar-refractivity contribution in [3.8, 4) is 0 Å². The van der Waals surface area contributed by atoms with Gasteiger partial charge in [-0.05, 0) is 37.5 Å². The van der Waals surface area contributed by atoms with Crippen LogP contribution in [-0.2, 0) is 22.5 Å². The lowest BCUT2D eigenvalue weighted by Gasteiger charge is -2.21. The second-order valence-electron chi connectivity index (χ2n) is 7.34. The zero-order valence-electron chi connectivity index (χ0n) is 17.0. The normalized spacial score (nSPS) is 13.9. The van der Waals surface area contributed by atoms with Gasteiger partial charge in [0.1, 0.15) is 0 Å². The molecule has 1 aliphatic heterocycles. The maximum atomic E-state index is 12.9. The molecule has 1 aliphatic rings. The molecule has 7 nitrogen and oxygen atoms in total. The molecular formula is C23H23N3O4. The van der Waals surface area contributed by atoms with E-state index in [9.17, 15) is 14.4 Å². The van der Waals surface area contributed by atoms with E-state index in [1.807, 2.05) is 31.2 Å². The van der Waals surface area contributed by atoms with Gasteiger partial charge in [-0.15, -0.1) is 0 Å². The van der Waals surface area contributed by atoms with Crippen LogP contribution in [0.15, 0.2) is 53.3 Å². The maximum absolute atomic E-state index is 12.9. The summed E-state index contributed by atoms with van der Waals surface area (Å²) in [5, 5.41) is 5.07. The van der Waals surface area contributed by atoms with Crippen LogP contribution >= 0.6 is 0 Å². The molecule has 1 atom stereocenters. The number of benzene rings is 2. The Morgan fingerprint density at radius 2 is 1.80 bits per heavy atom. The van der Waals surface area contributed by atoms with Crippen molar-refractivity contribution in [3.63, 3.8) is 0 Å². The number of fused-ring (bicyclic) bond motifs is 2. The Morgan fingerprint density at radius 3 is 2.57 bits per heavy atom. The molecule has 2 aromatic carbocycles. The number of anilines is 1. The molecule has 1 unspecified atom stereocenters. The van der Waals surface area contributed by atoms with E-state index < -0.39 is 12.1 Å². The van der Waals surface area contributed by atoms with Gasteiger partial charge in [-0.25, -0.2) is 9.48 Å². The van der Waals surface area contributed by atoms with Gasteiger partial charge in [-0.2, -0.15) is 5.10 Å². The molecule has 154 valence electrons. The quantitative estimate of drug-likeness (QED) is 0.610. The molecule has 0 aliphatic carbocycles. The van der Waals surface area contributed by atoms with E-state index in [2.05, 4.69) is 5.10 Å². The fourth-order valence-electron chi connectivity index (χ4n) is 3.80. The van der Waals surface area contributed by atoms with Crippen LogP contribution in [0.2, 0.25) is 0 Å². The number of esters is 1. The van der Waals surface area contributed by atoms with Gasteiger partial charge in [-0.1, -0.05) is 43.3 Å². The molecule has 0 saturated carbocycles. The zero-order chi connectivity index (χ0) is 21.3. The third kappa shape index (κ3) is 3.47. The van der Waals surface area contributed by atoms with Crippen LogP contribution < -0.4 is 10.5 Å². The average molecular weight is 405 g/mol. The lowest BCUT2D eigenvalue weighted by atomic mass is 10.1. The number of aromatic nitrogens is 2. The van der Waals surface area contributed by atoms with Crippen LogP contribution in [0.1, 0.15) is 36.3 Å². The number of ether oxygens (including phenoxy) is 1. The van der Waals surface area contributed by atoms with Gasteiger partial charge in [0.05, 0.1) is 5.39 Å². The van der Waals surface area contributed by atoms with Crippen LogP contribution in [-0.4, -0.2) is 34.3 Å². The summed E-state index contributed by atoms with van der Waals surface area (Å²) in [6.45, 7) is 4.44. The molecule has 0 spiro atoms. The second kappa shape index (κ2) is 8.10. The number of carbonyl (C=O) groups excluding carboxylic acids is 2. The number of para-hydroxylation sites is 1.